The highest BCUT2D eigenvalue weighted by atomic mass is 32.2. The molecule has 0 N–H and O–H groups in total. The molecule has 1 aromatic heterocycles. The van der Waals surface area contributed by atoms with Crippen LogP contribution in [0, 0.1) is 0 Å². The van der Waals surface area contributed by atoms with Crippen LogP contribution in [0.2, 0.25) is 0 Å². The summed E-state index contributed by atoms with van der Waals surface area (Å²) in [5.41, 5.74) is -1.06. The molecule has 0 radical (unpaired) electrons. The predicted octanol–water partition coefficient (Wildman–Crippen LogP) is 7.28. The van der Waals surface area contributed by atoms with Crippen LogP contribution in [0.4, 0.5) is 49.4 Å². The minimum atomic E-state index is -5.03. The third-order valence-corrected chi connectivity index (χ3v) is 5.27. The van der Waals surface area contributed by atoms with E-state index in [1.54, 1.807) is 6.07 Å². The van der Waals surface area contributed by atoms with Crippen molar-refractivity contribution in [2.24, 2.45) is 14.6 Å². The van der Waals surface area contributed by atoms with E-state index in [-0.39, 0.29) is 11.5 Å². The monoisotopic (exact) mass is 497 g/mol. The molecule has 1 heterocycles. The Morgan fingerprint density at radius 1 is 1.06 bits per heavy atom. The molecular weight excluding hydrogens is 476 g/mol. The van der Waals surface area contributed by atoms with Crippen LogP contribution in [0.25, 0.3) is 0 Å². The van der Waals surface area contributed by atoms with Gasteiger partial charge < -0.3 is 4.90 Å². The number of rotatable bonds is 10. The number of anilines is 1. The summed E-state index contributed by atoms with van der Waals surface area (Å²) >= 11 is 0. The zero-order chi connectivity index (χ0) is 24.6. The van der Waals surface area contributed by atoms with E-state index in [0.717, 1.165) is 25.0 Å². The number of azo groups is 1. The van der Waals surface area contributed by atoms with E-state index < -0.39 is 33.2 Å². The van der Waals surface area contributed by atoms with Gasteiger partial charge in [-0.2, -0.15) is 26.3 Å². The molecule has 0 amide bonds. The lowest BCUT2D eigenvalue weighted by Gasteiger charge is -2.24. The van der Waals surface area contributed by atoms with E-state index in [9.17, 15) is 30.7 Å². The summed E-state index contributed by atoms with van der Waals surface area (Å²) in [6.07, 6.45) is -2.49. The minimum absolute atomic E-state index is 0.196. The number of hydrogen-bond donors (Lipinski definition) is 0. The van der Waals surface area contributed by atoms with Crippen LogP contribution >= 0.6 is 0 Å². The fourth-order valence-electron chi connectivity index (χ4n) is 2.71. The van der Waals surface area contributed by atoms with E-state index in [0.29, 0.717) is 25.0 Å². The highest BCUT2D eigenvalue weighted by Crippen LogP contribution is 2.36. The van der Waals surface area contributed by atoms with Crippen molar-refractivity contribution in [3.63, 3.8) is 0 Å². The summed E-state index contributed by atoms with van der Waals surface area (Å²) in [5, 5.41) is 7.43. The Morgan fingerprint density at radius 2 is 1.73 bits per heavy atom. The average Bonchev–Trinajstić information content (AvgIpc) is 2.77. The Labute approximate surface area is 186 Å². The van der Waals surface area contributed by atoms with E-state index >= 15 is 0 Å². The fourth-order valence-corrected chi connectivity index (χ4v) is 3.30. The first kappa shape index (κ1) is 26.5. The van der Waals surface area contributed by atoms with E-state index in [2.05, 4.69) is 24.0 Å². The van der Waals surface area contributed by atoms with Crippen molar-refractivity contribution in [3.8, 4) is 0 Å². The van der Waals surface area contributed by atoms with Gasteiger partial charge in [-0.05, 0) is 47.7 Å². The van der Waals surface area contributed by atoms with Crippen LogP contribution in [-0.2, 0) is 20.6 Å². The van der Waals surface area contributed by atoms with E-state index in [1.807, 2.05) is 18.7 Å². The predicted molar refractivity (Wildman–Crippen MR) is 111 cm³/mol. The zero-order valence-electron chi connectivity index (χ0n) is 17.6. The van der Waals surface area contributed by atoms with Crippen molar-refractivity contribution < 1.29 is 35.1 Å². The first-order chi connectivity index (χ1) is 15.5. The molecule has 2 aromatic rings. The lowest BCUT2D eigenvalue weighted by molar-refractivity contribution is -0.137. The van der Waals surface area contributed by atoms with Crippen LogP contribution in [0.5, 0.6) is 0 Å². The highest BCUT2D eigenvalue weighted by molar-refractivity contribution is 7.89. The second kappa shape index (κ2) is 11.4. The molecule has 7 nitrogen and oxygen atoms in total. The highest BCUT2D eigenvalue weighted by Gasteiger charge is 2.30. The van der Waals surface area contributed by atoms with E-state index in [4.69, 9.17) is 0 Å². The molecule has 0 bridgehead atoms. The van der Waals surface area contributed by atoms with Gasteiger partial charge in [-0.3, -0.25) is 0 Å². The molecule has 0 spiro atoms. The Hall–Kier alpha value is -2.74. The second-order valence-electron chi connectivity index (χ2n) is 6.69. The van der Waals surface area contributed by atoms with Gasteiger partial charge in [0.25, 0.3) is 10.0 Å². The number of hydrogen-bond acceptors (Lipinski definition) is 7. The van der Waals surface area contributed by atoms with Crippen LogP contribution < -0.4 is 4.90 Å². The van der Waals surface area contributed by atoms with Gasteiger partial charge in [-0.1, -0.05) is 18.2 Å². The molecule has 0 fully saturated rings. The van der Waals surface area contributed by atoms with Crippen LogP contribution in [0.1, 0.15) is 32.3 Å². The average molecular weight is 497 g/mol. The molecule has 1 atom stereocenters. The van der Waals surface area contributed by atoms with Crippen LogP contribution in [0.15, 0.2) is 51.1 Å². The summed E-state index contributed by atoms with van der Waals surface area (Å²) in [7, 11) is -5.03. The number of aromatic nitrogens is 1. The summed E-state index contributed by atoms with van der Waals surface area (Å²) in [6, 6.07) is 5.88. The van der Waals surface area contributed by atoms with Gasteiger partial charge in [-0.15, -0.1) is 10.2 Å². The molecule has 0 saturated heterocycles. The van der Waals surface area contributed by atoms with Crippen molar-refractivity contribution in [3.05, 3.63) is 42.1 Å². The standard InChI is InChI=1S/C19H21F6N5O2S/c1-3-9-30(10-4-2)14-6-7-15(16(11-14)29-33(31,32-25)18(20)21)27-28-17-8-5-13(12-26-17)19(22,23)24/h5-8,11-12,18H,3-4,9-10H2,1-2H3. The van der Waals surface area contributed by atoms with Gasteiger partial charge >= 0.3 is 11.9 Å². The molecule has 1 aromatic carbocycles. The van der Waals surface area contributed by atoms with Crippen molar-refractivity contribution in [1.82, 2.24) is 4.98 Å². The number of nitrogens with zero attached hydrogens (tertiary/aromatic N) is 5. The normalized spacial score (nSPS) is 14.0. The molecule has 1 unspecified atom stereocenters. The summed E-state index contributed by atoms with van der Waals surface area (Å²) in [6.45, 7) is 5.11. The Balaban J connectivity index is 2.53. The summed E-state index contributed by atoms with van der Waals surface area (Å²) < 4.78 is 95.0. The molecule has 0 aliphatic carbocycles. The molecule has 0 saturated carbocycles. The van der Waals surface area contributed by atoms with Crippen LogP contribution in [-0.4, -0.2) is 28.0 Å². The van der Waals surface area contributed by atoms with Gasteiger partial charge in [0.05, 0.1) is 5.56 Å². The molecular formula is C19H21F6N5O2S. The topological polar surface area (TPSA) is 79.5 Å². The fraction of sp³-hybridized carbons (Fsp3) is 0.421. The maximum atomic E-state index is 13.1. The largest absolute Gasteiger partial charge is 0.417 e. The SMILES string of the molecule is CCCN(CCC)c1ccc(N=Nc2ccc(C(F)(F)F)cn2)c(N=S(=O)(OF)C(F)F)c1. The van der Waals surface area contributed by atoms with Crippen molar-refractivity contribution in [2.75, 3.05) is 18.0 Å². The molecule has 182 valence electrons. The number of alkyl halides is 5. The quantitative estimate of drug-likeness (QED) is 0.255. The zero-order valence-corrected chi connectivity index (χ0v) is 18.4. The van der Waals surface area contributed by atoms with Crippen molar-refractivity contribution >= 4 is 32.9 Å². The van der Waals surface area contributed by atoms with Gasteiger partial charge in [0, 0.05) is 25.0 Å². The Kier molecular flexibility index (Phi) is 9.16. The van der Waals surface area contributed by atoms with Crippen LogP contribution in [0.3, 0.4) is 0 Å². The number of pyridine rings is 1. The van der Waals surface area contributed by atoms with Gasteiger partial charge in [0.15, 0.2) is 5.82 Å². The third-order valence-electron chi connectivity index (χ3n) is 4.19. The van der Waals surface area contributed by atoms with Crippen molar-refractivity contribution in [2.45, 2.75) is 38.6 Å². The molecule has 0 aliphatic heterocycles. The van der Waals surface area contributed by atoms with Crippen molar-refractivity contribution in [1.29, 1.82) is 0 Å². The molecule has 14 heteroatoms. The van der Waals surface area contributed by atoms with Gasteiger partial charge in [-0.25, -0.2) is 9.19 Å². The summed E-state index contributed by atoms with van der Waals surface area (Å²) in [5.74, 6) is -3.97. The maximum absolute atomic E-state index is 13.1. The Bertz CT molecular complexity index is 1060. The summed E-state index contributed by atoms with van der Waals surface area (Å²) in [4.78, 5) is 5.44. The number of halogens is 6. The van der Waals surface area contributed by atoms with Gasteiger partial charge in [0.1, 0.15) is 11.4 Å². The first-order valence-electron chi connectivity index (χ1n) is 9.72. The lowest BCUT2D eigenvalue weighted by Crippen LogP contribution is -2.24. The molecule has 0 aliphatic rings. The van der Waals surface area contributed by atoms with E-state index in [1.165, 1.54) is 12.1 Å². The molecule has 2 rings (SSSR count). The first-order valence-corrected chi connectivity index (χ1v) is 11.2. The Morgan fingerprint density at radius 3 is 2.21 bits per heavy atom. The molecule has 33 heavy (non-hydrogen) atoms. The van der Waals surface area contributed by atoms with Gasteiger partial charge in [0.2, 0.25) is 0 Å². The second-order valence-corrected chi connectivity index (χ2v) is 8.39. The minimum Gasteiger partial charge on any atom is -0.371 e. The smallest absolute Gasteiger partial charge is 0.371 e. The lowest BCUT2D eigenvalue weighted by atomic mass is 10.2. The third kappa shape index (κ3) is 7.12. The number of benzene rings is 1. The maximum Gasteiger partial charge on any atom is 0.417 e.